The van der Waals surface area contributed by atoms with Crippen molar-refractivity contribution in [2.75, 3.05) is 0 Å². The number of benzene rings is 1. The van der Waals surface area contributed by atoms with Crippen LogP contribution in [-0.4, -0.2) is 11.6 Å². The average molecular weight is 793 g/mol. The van der Waals surface area contributed by atoms with Gasteiger partial charge in [-0.15, -0.1) is 0 Å². The van der Waals surface area contributed by atoms with Gasteiger partial charge in [0.15, 0.2) is 0 Å². The highest BCUT2D eigenvalue weighted by Gasteiger charge is 2.33. The Hall–Kier alpha value is -3.59. The summed E-state index contributed by atoms with van der Waals surface area (Å²) in [4.78, 5) is 11.6. The van der Waals surface area contributed by atoms with E-state index in [1.807, 2.05) is 13.0 Å². The molecule has 0 N–H and O–H groups in total. The summed E-state index contributed by atoms with van der Waals surface area (Å²) in [5.74, 6) is 1.35. The molecule has 1 atom stereocenters. The van der Waals surface area contributed by atoms with Gasteiger partial charge in [-0.1, -0.05) is 93.2 Å². The van der Waals surface area contributed by atoms with Crippen LogP contribution in [0.15, 0.2) is 99.3 Å². The Labute approximate surface area is 357 Å². The van der Waals surface area contributed by atoms with E-state index in [0.717, 1.165) is 119 Å². The Morgan fingerprint density at radius 2 is 0.897 bits per heavy atom. The maximum atomic E-state index is 11.6. The topological polar surface area (TPSA) is 35.5 Å². The Morgan fingerprint density at radius 1 is 0.552 bits per heavy atom. The molecule has 1 unspecified atom stereocenters. The Bertz CT molecular complexity index is 1710. The standard InChI is InChI=1S/C55H84O3/c1-41(2)22-14-23-42(3)24-15-25-43(4)26-16-27-44(5)28-17-29-45(6)30-18-31-46(7)32-19-33-47(8)34-20-35-48(9)36-21-38-55(13)39-37-52-40-53(57-51(12)56)49(10)50(11)54(52)58-55/h22,24,26,28,30,32,34,36,40H,14-21,23,25,27,29,31,33,35,37-39H2,1-13H3/b42-24+,43-26+,44-28+,45-30+,46-32+,47-34+,48-36+. The quantitative estimate of drug-likeness (QED) is 0.0562. The molecule has 58 heavy (non-hydrogen) atoms. The number of hydrogen-bond acceptors (Lipinski definition) is 3. The summed E-state index contributed by atoms with van der Waals surface area (Å²) in [6.45, 7) is 28.1. The van der Waals surface area contributed by atoms with Gasteiger partial charge in [-0.2, -0.15) is 0 Å². The molecule has 0 saturated heterocycles. The van der Waals surface area contributed by atoms with Crippen LogP contribution in [0, 0.1) is 13.8 Å². The second-order valence-electron chi connectivity index (χ2n) is 18.2. The Kier molecular flexibility index (Phi) is 23.7. The monoisotopic (exact) mass is 793 g/mol. The molecule has 322 valence electrons. The fourth-order valence-electron chi connectivity index (χ4n) is 7.59. The highest BCUT2D eigenvalue weighted by molar-refractivity contribution is 5.70. The van der Waals surface area contributed by atoms with Crippen molar-refractivity contribution in [3.8, 4) is 11.5 Å². The summed E-state index contributed by atoms with van der Waals surface area (Å²) in [5, 5.41) is 0. The smallest absolute Gasteiger partial charge is 0.308 e. The molecule has 3 heteroatoms. The maximum Gasteiger partial charge on any atom is 0.308 e. The summed E-state index contributed by atoms with van der Waals surface area (Å²) in [6, 6.07) is 1.99. The zero-order valence-corrected chi connectivity index (χ0v) is 39.6. The van der Waals surface area contributed by atoms with Crippen LogP contribution in [-0.2, 0) is 11.2 Å². The van der Waals surface area contributed by atoms with Gasteiger partial charge in [0.1, 0.15) is 17.1 Å². The minimum Gasteiger partial charge on any atom is -0.487 e. The summed E-state index contributed by atoms with van der Waals surface area (Å²) in [7, 11) is 0. The van der Waals surface area contributed by atoms with Gasteiger partial charge < -0.3 is 9.47 Å². The fraction of sp³-hybridized carbons (Fsp3) is 0.582. The molecule has 0 bridgehead atoms. The molecular formula is C55H84O3. The molecule has 0 radical (unpaired) electrons. The molecule has 0 aromatic heterocycles. The fourth-order valence-corrected chi connectivity index (χ4v) is 7.59. The molecule has 2 rings (SSSR count). The van der Waals surface area contributed by atoms with Crippen LogP contribution >= 0.6 is 0 Å². The molecule has 1 aromatic rings. The van der Waals surface area contributed by atoms with Crippen molar-refractivity contribution >= 4 is 5.97 Å². The van der Waals surface area contributed by atoms with Crippen molar-refractivity contribution in [3.63, 3.8) is 0 Å². The van der Waals surface area contributed by atoms with Gasteiger partial charge in [-0.3, -0.25) is 4.79 Å². The van der Waals surface area contributed by atoms with Crippen molar-refractivity contribution in [1.82, 2.24) is 0 Å². The van der Waals surface area contributed by atoms with Gasteiger partial charge in [0.2, 0.25) is 0 Å². The van der Waals surface area contributed by atoms with Crippen LogP contribution in [0.25, 0.3) is 0 Å². The first-order valence-corrected chi connectivity index (χ1v) is 22.7. The lowest BCUT2D eigenvalue weighted by molar-refractivity contribution is -0.131. The van der Waals surface area contributed by atoms with E-state index in [4.69, 9.17) is 9.47 Å². The van der Waals surface area contributed by atoms with Crippen molar-refractivity contribution in [3.05, 3.63) is 116 Å². The summed E-state index contributed by atoms with van der Waals surface area (Å²) >= 11 is 0. The van der Waals surface area contributed by atoms with Crippen molar-refractivity contribution in [1.29, 1.82) is 0 Å². The Morgan fingerprint density at radius 3 is 1.24 bits per heavy atom. The summed E-state index contributed by atoms with van der Waals surface area (Å²) in [5.41, 5.74) is 15.0. The van der Waals surface area contributed by atoms with E-state index in [1.54, 1.807) is 0 Å². The second-order valence-corrected chi connectivity index (χ2v) is 18.2. The lowest BCUT2D eigenvalue weighted by atomic mass is 9.86. The third-order valence-corrected chi connectivity index (χ3v) is 11.8. The van der Waals surface area contributed by atoms with E-state index in [2.05, 4.69) is 125 Å². The number of ether oxygens (including phenoxy) is 2. The Balaban J connectivity index is 1.62. The predicted molar refractivity (Wildman–Crippen MR) is 254 cm³/mol. The van der Waals surface area contributed by atoms with Gasteiger partial charge in [-0.05, 0) is 221 Å². The van der Waals surface area contributed by atoms with E-state index >= 15 is 0 Å². The number of aryl methyl sites for hydroxylation is 1. The van der Waals surface area contributed by atoms with Crippen LogP contribution in [0.3, 0.4) is 0 Å². The molecule has 1 aliphatic heterocycles. The van der Waals surface area contributed by atoms with E-state index in [0.29, 0.717) is 5.75 Å². The molecule has 1 aromatic carbocycles. The molecule has 0 amide bonds. The lowest BCUT2D eigenvalue weighted by Crippen LogP contribution is -2.36. The maximum absolute atomic E-state index is 11.6. The first-order chi connectivity index (χ1) is 27.5. The molecule has 0 spiro atoms. The van der Waals surface area contributed by atoms with Gasteiger partial charge in [0.05, 0.1) is 0 Å². The van der Waals surface area contributed by atoms with Crippen LogP contribution in [0.2, 0.25) is 0 Å². The van der Waals surface area contributed by atoms with Gasteiger partial charge >= 0.3 is 5.97 Å². The van der Waals surface area contributed by atoms with Crippen molar-refractivity contribution in [2.45, 2.75) is 211 Å². The minimum atomic E-state index is -0.283. The highest BCUT2D eigenvalue weighted by Crippen LogP contribution is 2.42. The van der Waals surface area contributed by atoms with Crippen molar-refractivity contribution < 1.29 is 14.3 Å². The molecular weight excluding hydrogens is 709 g/mol. The predicted octanol–water partition coefficient (Wildman–Crippen LogP) is 17.1. The summed E-state index contributed by atoms with van der Waals surface area (Å²) in [6.07, 6.45) is 39.5. The van der Waals surface area contributed by atoms with Gasteiger partial charge in [0, 0.05) is 6.92 Å². The minimum absolute atomic E-state index is 0.182. The lowest BCUT2D eigenvalue weighted by Gasteiger charge is -2.37. The largest absolute Gasteiger partial charge is 0.487 e. The third-order valence-electron chi connectivity index (χ3n) is 11.8. The number of carbonyl (C=O) groups is 1. The van der Waals surface area contributed by atoms with E-state index < -0.39 is 0 Å². The van der Waals surface area contributed by atoms with E-state index in [-0.39, 0.29) is 11.6 Å². The number of allylic oxidation sites excluding steroid dienone is 16. The van der Waals surface area contributed by atoms with Crippen LogP contribution < -0.4 is 9.47 Å². The van der Waals surface area contributed by atoms with Gasteiger partial charge in [0.25, 0.3) is 0 Å². The zero-order valence-electron chi connectivity index (χ0n) is 39.6. The van der Waals surface area contributed by atoms with Crippen molar-refractivity contribution in [2.24, 2.45) is 0 Å². The zero-order chi connectivity index (χ0) is 43.1. The average Bonchev–Trinajstić information content (AvgIpc) is 3.14. The summed E-state index contributed by atoms with van der Waals surface area (Å²) < 4.78 is 12.1. The molecule has 1 heterocycles. The number of hydrogen-bond donors (Lipinski definition) is 0. The number of carbonyl (C=O) groups excluding carboxylic acids is 1. The highest BCUT2D eigenvalue weighted by atomic mass is 16.5. The third kappa shape index (κ3) is 21.4. The molecule has 1 aliphatic rings. The number of esters is 1. The van der Waals surface area contributed by atoms with Gasteiger partial charge in [-0.25, -0.2) is 0 Å². The normalized spacial score (nSPS) is 17.3. The molecule has 3 nitrogen and oxygen atoms in total. The molecule has 0 fully saturated rings. The molecule has 0 aliphatic carbocycles. The van der Waals surface area contributed by atoms with Crippen LogP contribution in [0.1, 0.15) is 202 Å². The first-order valence-electron chi connectivity index (χ1n) is 22.7. The first kappa shape index (κ1) is 50.6. The molecule has 0 saturated carbocycles. The van der Waals surface area contributed by atoms with E-state index in [1.165, 1.54) is 70.8 Å². The van der Waals surface area contributed by atoms with E-state index in [9.17, 15) is 4.79 Å². The number of rotatable bonds is 25. The van der Waals surface area contributed by atoms with Crippen LogP contribution in [0.4, 0.5) is 0 Å². The van der Waals surface area contributed by atoms with Crippen LogP contribution in [0.5, 0.6) is 11.5 Å². The second kappa shape index (κ2) is 27.2. The number of fused-ring (bicyclic) bond motifs is 1. The SMILES string of the molecule is CC(=O)Oc1cc2c(c(C)c1C)OC(C)(CC/C=C(\C)CC/C=C(\C)CC/C=C(\C)CC/C=C(\C)CC/C=C(\C)CC/C=C(\C)CC/C=C(\C)CCC=C(C)C)CC2.